The molecule has 3 amide bonds. The third-order valence-electron chi connectivity index (χ3n) is 4.94. The SMILES string of the molecule is O=C(NC[C@H](NCC(F)(F)F)C(=O)Nc1ccc(N2CCOCC2=O)c(C(F)F)c1)c1ccc(Cl)s1. The highest BCUT2D eigenvalue weighted by molar-refractivity contribution is 7.18. The van der Waals surface area contributed by atoms with Crippen molar-refractivity contribution in [3.8, 4) is 0 Å². The van der Waals surface area contributed by atoms with Crippen LogP contribution >= 0.6 is 22.9 Å². The Bertz CT molecular complexity index is 1110. The van der Waals surface area contributed by atoms with Crippen LogP contribution in [0.3, 0.4) is 0 Å². The molecule has 0 radical (unpaired) electrons. The van der Waals surface area contributed by atoms with E-state index < -0.39 is 55.0 Å². The van der Waals surface area contributed by atoms with Gasteiger partial charge in [0.15, 0.2) is 0 Å². The van der Waals surface area contributed by atoms with Crippen molar-refractivity contribution in [1.82, 2.24) is 10.6 Å². The molecule has 2 heterocycles. The molecule has 0 unspecified atom stereocenters. The summed E-state index contributed by atoms with van der Waals surface area (Å²) < 4.78 is 71.0. The molecule has 15 heteroatoms. The minimum Gasteiger partial charge on any atom is -0.370 e. The molecule has 36 heavy (non-hydrogen) atoms. The van der Waals surface area contributed by atoms with Crippen molar-refractivity contribution < 1.29 is 41.1 Å². The highest BCUT2D eigenvalue weighted by atomic mass is 35.5. The lowest BCUT2D eigenvalue weighted by Gasteiger charge is -2.29. The number of morpholine rings is 1. The van der Waals surface area contributed by atoms with Crippen molar-refractivity contribution in [3.05, 3.63) is 45.1 Å². The summed E-state index contributed by atoms with van der Waals surface area (Å²) in [5.41, 5.74) is -0.745. The summed E-state index contributed by atoms with van der Waals surface area (Å²) in [6.45, 7) is -2.12. The number of alkyl halides is 5. The van der Waals surface area contributed by atoms with Crippen molar-refractivity contribution in [1.29, 1.82) is 0 Å². The van der Waals surface area contributed by atoms with E-state index in [9.17, 15) is 36.3 Å². The molecule has 1 aromatic carbocycles. The normalized spacial score (nSPS) is 15.2. The quantitative estimate of drug-likeness (QED) is 0.412. The molecular formula is C21H20ClF5N4O4S. The van der Waals surface area contributed by atoms with Crippen molar-refractivity contribution in [2.75, 3.05) is 43.1 Å². The van der Waals surface area contributed by atoms with Crippen LogP contribution in [0.25, 0.3) is 0 Å². The van der Waals surface area contributed by atoms with Gasteiger partial charge in [-0.2, -0.15) is 13.2 Å². The van der Waals surface area contributed by atoms with Crippen LogP contribution in [0.2, 0.25) is 4.34 Å². The standard InChI is InChI=1S/C21H20ClF5N4O4S/c22-16-4-3-15(36-16)20(34)28-8-13(29-10-21(25,26)27)19(33)30-11-1-2-14(12(7-11)18(23)24)31-5-6-35-9-17(31)32/h1-4,7,13,18,29H,5-6,8-10H2,(H,28,34)(H,30,33)/t13-/m0/s1. The van der Waals surface area contributed by atoms with Crippen LogP contribution in [0, 0.1) is 0 Å². The largest absolute Gasteiger partial charge is 0.401 e. The van der Waals surface area contributed by atoms with Gasteiger partial charge in [-0.15, -0.1) is 11.3 Å². The number of halogens is 6. The van der Waals surface area contributed by atoms with Gasteiger partial charge < -0.3 is 20.3 Å². The molecular weight excluding hydrogens is 535 g/mol. The number of hydrogen-bond acceptors (Lipinski definition) is 6. The topological polar surface area (TPSA) is 99.8 Å². The molecule has 3 rings (SSSR count). The minimum absolute atomic E-state index is 0.0584. The monoisotopic (exact) mass is 554 g/mol. The summed E-state index contributed by atoms with van der Waals surface area (Å²) in [6, 6.07) is 4.71. The predicted octanol–water partition coefficient (Wildman–Crippen LogP) is 3.59. The molecule has 8 nitrogen and oxygen atoms in total. The molecule has 2 aromatic rings. The molecule has 1 atom stereocenters. The zero-order valence-corrected chi connectivity index (χ0v) is 19.9. The Balaban J connectivity index is 1.75. The van der Waals surface area contributed by atoms with E-state index in [-0.39, 0.29) is 36.0 Å². The number of anilines is 2. The van der Waals surface area contributed by atoms with Gasteiger partial charge in [-0.05, 0) is 30.3 Å². The summed E-state index contributed by atoms with van der Waals surface area (Å²) in [5.74, 6) is -2.17. The Hall–Kier alpha value is -2.81. The van der Waals surface area contributed by atoms with Crippen LogP contribution in [0.1, 0.15) is 21.7 Å². The van der Waals surface area contributed by atoms with Crippen LogP contribution in [0.4, 0.5) is 33.3 Å². The second-order valence-electron chi connectivity index (χ2n) is 7.52. The van der Waals surface area contributed by atoms with E-state index >= 15 is 0 Å². The fourth-order valence-electron chi connectivity index (χ4n) is 3.27. The van der Waals surface area contributed by atoms with Gasteiger partial charge in [-0.25, -0.2) is 8.78 Å². The lowest BCUT2D eigenvalue weighted by atomic mass is 10.1. The molecule has 1 saturated heterocycles. The fraction of sp³-hybridized carbons (Fsp3) is 0.381. The lowest BCUT2D eigenvalue weighted by Crippen LogP contribution is -2.50. The number of carbonyl (C=O) groups is 3. The number of rotatable bonds is 9. The van der Waals surface area contributed by atoms with Crippen LogP contribution in [-0.4, -0.2) is 62.8 Å². The highest BCUT2D eigenvalue weighted by Crippen LogP contribution is 2.33. The number of amides is 3. The van der Waals surface area contributed by atoms with Crippen molar-refractivity contribution in [2.24, 2.45) is 0 Å². The first-order valence-electron chi connectivity index (χ1n) is 10.4. The van der Waals surface area contributed by atoms with Gasteiger partial charge in [0.05, 0.1) is 28.1 Å². The van der Waals surface area contributed by atoms with E-state index in [0.29, 0.717) is 4.34 Å². The average molecular weight is 555 g/mol. The third kappa shape index (κ3) is 7.59. The first-order chi connectivity index (χ1) is 16.9. The maximum Gasteiger partial charge on any atom is 0.401 e. The van der Waals surface area contributed by atoms with E-state index in [2.05, 4.69) is 10.6 Å². The smallest absolute Gasteiger partial charge is 0.370 e. The van der Waals surface area contributed by atoms with E-state index in [4.69, 9.17) is 16.3 Å². The van der Waals surface area contributed by atoms with Crippen LogP contribution in [-0.2, 0) is 14.3 Å². The molecule has 0 aliphatic carbocycles. The van der Waals surface area contributed by atoms with Crippen molar-refractivity contribution in [2.45, 2.75) is 18.6 Å². The van der Waals surface area contributed by atoms with Gasteiger partial charge in [0.25, 0.3) is 18.2 Å². The van der Waals surface area contributed by atoms with Crippen LogP contribution in [0.5, 0.6) is 0 Å². The number of hydrogen-bond donors (Lipinski definition) is 3. The van der Waals surface area contributed by atoms with Crippen LogP contribution in [0.15, 0.2) is 30.3 Å². The van der Waals surface area contributed by atoms with E-state index in [1.165, 1.54) is 24.3 Å². The Labute approximate surface area is 210 Å². The molecule has 1 aliphatic rings. The molecule has 0 spiro atoms. The van der Waals surface area contributed by atoms with E-state index in [1.54, 1.807) is 0 Å². The predicted molar refractivity (Wildman–Crippen MR) is 123 cm³/mol. The molecule has 0 bridgehead atoms. The lowest BCUT2D eigenvalue weighted by molar-refractivity contribution is -0.130. The van der Waals surface area contributed by atoms with Gasteiger partial charge in [-0.1, -0.05) is 11.6 Å². The second kappa shape index (κ2) is 12.0. The summed E-state index contributed by atoms with van der Waals surface area (Å²) in [7, 11) is 0. The summed E-state index contributed by atoms with van der Waals surface area (Å²) in [4.78, 5) is 38.3. The van der Waals surface area contributed by atoms with Gasteiger partial charge in [0, 0.05) is 24.3 Å². The van der Waals surface area contributed by atoms with Gasteiger partial charge >= 0.3 is 6.18 Å². The number of ether oxygens (including phenoxy) is 1. The molecule has 1 fully saturated rings. The zero-order chi connectivity index (χ0) is 26.5. The Morgan fingerprint density at radius 3 is 2.56 bits per heavy atom. The highest BCUT2D eigenvalue weighted by Gasteiger charge is 2.31. The van der Waals surface area contributed by atoms with E-state index in [0.717, 1.165) is 22.3 Å². The number of nitrogens with one attached hydrogen (secondary N) is 3. The first kappa shape index (κ1) is 27.8. The Kier molecular flexibility index (Phi) is 9.22. The summed E-state index contributed by atoms with van der Waals surface area (Å²) in [5, 5.41) is 6.64. The maximum absolute atomic E-state index is 13.7. The first-order valence-corrected chi connectivity index (χ1v) is 11.6. The molecule has 0 saturated carbocycles. The molecule has 1 aliphatic heterocycles. The van der Waals surface area contributed by atoms with Crippen molar-refractivity contribution in [3.63, 3.8) is 0 Å². The second-order valence-corrected chi connectivity index (χ2v) is 9.24. The molecule has 196 valence electrons. The fourth-order valence-corrected chi connectivity index (χ4v) is 4.23. The maximum atomic E-state index is 13.7. The third-order valence-corrected chi connectivity index (χ3v) is 6.17. The summed E-state index contributed by atoms with van der Waals surface area (Å²) >= 11 is 6.71. The Morgan fingerprint density at radius 2 is 1.94 bits per heavy atom. The van der Waals surface area contributed by atoms with Crippen molar-refractivity contribution >= 4 is 52.0 Å². The number of nitrogens with zero attached hydrogens (tertiary/aromatic N) is 1. The zero-order valence-electron chi connectivity index (χ0n) is 18.3. The van der Waals surface area contributed by atoms with Gasteiger partial charge in [0.1, 0.15) is 12.6 Å². The molecule has 1 aromatic heterocycles. The summed E-state index contributed by atoms with van der Waals surface area (Å²) in [6.07, 6.45) is -7.66. The van der Waals surface area contributed by atoms with Gasteiger partial charge in [0.2, 0.25) is 5.91 Å². The number of benzene rings is 1. The Morgan fingerprint density at radius 1 is 1.19 bits per heavy atom. The van der Waals surface area contributed by atoms with Gasteiger partial charge in [-0.3, -0.25) is 19.7 Å². The number of thiophene rings is 1. The van der Waals surface area contributed by atoms with E-state index in [1.807, 2.05) is 5.32 Å². The minimum atomic E-state index is -4.65. The molecule has 3 N–H and O–H groups in total. The average Bonchev–Trinajstić information content (AvgIpc) is 3.25. The number of carbonyl (C=O) groups excluding carboxylic acids is 3. The van der Waals surface area contributed by atoms with Crippen LogP contribution < -0.4 is 20.9 Å².